The van der Waals surface area contributed by atoms with Gasteiger partial charge in [-0.3, -0.25) is 4.79 Å². The maximum atomic E-state index is 12.2. The number of nitrogens with zero attached hydrogens (tertiary/aromatic N) is 1. The number of hydrogen-bond acceptors (Lipinski definition) is 4. The van der Waals surface area contributed by atoms with Gasteiger partial charge in [0.1, 0.15) is 0 Å². The molecule has 0 radical (unpaired) electrons. The van der Waals surface area contributed by atoms with Crippen molar-refractivity contribution in [2.45, 2.75) is 37.5 Å². The monoisotopic (exact) mass is 370 g/mol. The molecule has 2 aromatic carbocycles. The van der Waals surface area contributed by atoms with E-state index >= 15 is 0 Å². The van der Waals surface area contributed by atoms with Crippen molar-refractivity contribution in [1.82, 2.24) is 4.98 Å². The summed E-state index contributed by atoms with van der Waals surface area (Å²) in [5, 5.41) is 3.65. The van der Waals surface area contributed by atoms with E-state index in [1.165, 1.54) is 10.5 Å². The molecule has 0 aliphatic heterocycles. The first-order valence-corrected chi connectivity index (χ1v) is 10.3. The first-order chi connectivity index (χ1) is 12.1. The molecule has 1 N–H and O–H groups in total. The molecule has 0 bridgehead atoms. The van der Waals surface area contributed by atoms with E-state index in [9.17, 15) is 4.79 Å². The number of carbonyl (C=O) groups excluding carboxylic acids is 1. The molecule has 3 rings (SSSR count). The Bertz CT molecular complexity index is 843. The normalized spacial score (nSPS) is 11.2. The van der Waals surface area contributed by atoms with Gasteiger partial charge in [0.2, 0.25) is 5.91 Å². The summed E-state index contributed by atoms with van der Waals surface area (Å²) in [6, 6.07) is 16.5. The van der Waals surface area contributed by atoms with Crippen LogP contribution in [0.3, 0.4) is 0 Å². The van der Waals surface area contributed by atoms with Crippen molar-refractivity contribution >= 4 is 44.4 Å². The molecule has 0 saturated carbocycles. The maximum absolute atomic E-state index is 12.2. The van der Waals surface area contributed by atoms with Crippen LogP contribution in [0.15, 0.2) is 53.4 Å². The Labute approximate surface area is 156 Å². The molecule has 3 nitrogen and oxygen atoms in total. The summed E-state index contributed by atoms with van der Waals surface area (Å²) < 4.78 is 1.13. The van der Waals surface area contributed by atoms with Gasteiger partial charge in [0.15, 0.2) is 5.13 Å². The number of nitrogens with one attached hydrogen (secondary N) is 1. The highest BCUT2D eigenvalue weighted by Gasteiger charge is 2.12. The third-order valence-electron chi connectivity index (χ3n) is 3.88. The minimum Gasteiger partial charge on any atom is -0.302 e. The quantitative estimate of drug-likeness (QED) is 0.414. The van der Waals surface area contributed by atoms with E-state index in [-0.39, 0.29) is 5.91 Å². The first-order valence-electron chi connectivity index (χ1n) is 8.50. The second-order valence-corrected chi connectivity index (χ2v) is 8.38. The highest BCUT2D eigenvalue weighted by Crippen LogP contribution is 2.31. The maximum Gasteiger partial charge on any atom is 0.226 e. The lowest BCUT2D eigenvalue weighted by molar-refractivity contribution is -0.116. The smallest absolute Gasteiger partial charge is 0.226 e. The van der Waals surface area contributed by atoms with Crippen LogP contribution in [-0.2, 0) is 4.79 Å². The number of aromatic nitrogens is 1. The molecule has 5 heteroatoms. The molecule has 25 heavy (non-hydrogen) atoms. The lowest BCUT2D eigenvalue weighted by atomic mass is 10.0. The van der Waals surface area contributed by atoms with Gasteiger partial charge < -0.3 is 5.32 Å². The number of fused-ring (bicyclic) bond motifs is 1. The lowest BCUT2D eigenvalue weighted by Gasteiger charge is -2.04. The zero-order valence-electron chi connectivity index (χ0n) is 14.5. The summed E-state index contributed by atoms with van der Waals surface area (Å²) in [6.07, 6.45) is 1.38. The summed E-state index contributed by atoms with van der Waals surface area (Å²) in [4.78, 5) is 18.0. The number of hydrogen-bond donors (Lipinski definition) is 1. The molecule has 0 spiro atoms. The Morgan fingerprint density at radius 1 is 1.16 bits per heavy atom. The number of thiazole rings is 1. The molecular weight excluding hydrogens is 348 g/mol. The number of anilines is 1. The highest BCUT2D eigenvalue weighted by atomic mass is 32.2. The third kappa shape index (κ3) is 4.83. The van der Waals surface area contributed by atoms with Crippen LogP contribution in [0.4, 0.5) is 5.13 Å². The minimum atomic E-state index is 0.0406. The van der Waals surface area contributed by atoms with E-state index in [1.807, 2.05) is 18.2 Å². The van der Waals surface area contributed by atoms with E-state index in [4.69, 9.17) is 0 Å². The zero-order chi connectivity index (χ0) is 17.6. The number of benzene rings is 2. The van der Waals surface area contributed by atoms with Gasteiger partial charge in [-0.15, -0.1) is 11.8 Å². The summed E-state index contributed by atoms with van der Waals surface area (Å²) in [5.41, 5.74) is 2.24. The highest BCUT2D eigenvalue weighted by molar-refractivity contribution is 7.99. The van der Waals surface area contributed by atoms with Crippen LogP contribution in [0.5, 0.6) is 0 Å². The summed E-state index contributed by atoms with van der Waals surface area (Å²) in [5.74, 6) is 1.40. The predicted octanol–water partition coefficient (Wildman–Crippen LogP) is 5.93. The average molecular weight is 371 g/mol. The molecule has 1 amide bonds. The molecule has 0 fully saturated rings. The molecule has 3 aromatic rings. The lowest BCUT2D eigenvalue weighted by Crippen LogP contribution is -2.11. The summed E-state index contributed by atoms with van der Waals surface area (Å²) in [6.45, 7) is 4.33. The summed E-state index contributed by atoms with van der Waals surface area (Å²) >= 11 is 3.33. The fourth-order valence-electron chi connectivity index (χ4n) is 2.61. The van der Waals surface area contributed by atoms with Crippen LogP contribution < -0.4 is 5.32 Å². The molecular formula is C20H22N2OS2. The molecule has 1 heterocycles. The van der Waals surface area contributed by atoms with Crippen molar-refractivity contribution in [3.8, 4) is 0 Å². The van der Waals surface area contributed by atoms with Gasteiger partial charge in [0.05, 0.1) is 10.2 Å². The van der Waals surface area contributed by atoms with Crippen LogP contribution in [-0.4, -0.2) is 16.6 Å². The zero-order valence-corrected chi connectivity index (χ0v) is 16.1. The Kier molecular flexibility index (Phi) is 6.10. The predicted molar refractivity (Wildman–Crippen MR) is 109 cm³/mol. The molecule has 0 saturated heterocycles. The molecule has 130 valence electrons. The Morgan fingerprint density at radius 3 is 2.72 bits per heavy atom. The number of amides is 1. The van der Waals surface area contributed by atoms with Crippen LogP contribution in [0.25, 0.3) is 10.2 Å². The second-order valence-electron chi connectivity index (χ2n) is 6.18. The Balaban J connectivity index is 1.53. The molecule has 1 aromatic heterocycles. The van der Waals surface area contributed by atoms with Crippen LogP contribution in [0, 0.1) is 0 Å². The van der Waals surface area contributed by atoms with E-state index in [2.05, 4.69) is 54.5 Å². The van der Waals surface area contributed by atoms with Crippen molar-refractivity contribution in [1.29, 1.82) is 0 Å². The number of para-hydroxylation sites is 1. The second kappa shape index (κ2) is 8.50. The Morgan fingerprint density at radius 2 is 1.96 bits per heavy atom. The van der Waals surface area contributed by atoms with Gasteiger partial charge in [-0.2, -0.15) is 0 Å². The van der Waals surface area contributed by atoms with Gasteiger partial charge >= 0.3 is 0 Å². The SMILES string of the molecule is CC(C)c1cccc2sc(NC(=O)CCCSc3ccccc3)nc12. The van der Waals surface area contributed by atoms with Crippen LogP contribution >= 0.6 is 23.1 Å². The fraction of sp³-hybridized carbons (Fsp3) is 0.300. The molecule has 0 aliphatic carbocycles. The minimum absolute atomic E-state index is 0.0406. The van der Waals surface area contributed by atoms with E-state index < -0.39 is 0 Å². The van der Waals surface area contributed by atoms with Crippen molar-refractivity contribution in [2.24, 2.45) is 0 Å². The van der Waals surface area contributed by atoms with Crippen molar-refractivity contribution in [2.75, 3.05) is 11.1 Å². The molecule has 0 unspecified atom stereocenters. The van der Waals surface area contributed by atoms with Crippen LogP contribution in [0.1, 0.15) is 38.2 Å². The first kappa shape index (κ1) is 18.0. The van der Waals surface area contributed by atoms with Gasteiger partial charge in [0, 0.05) is 11.3 Å². The Hall–Kier alpha value is -1.85. The van der Waals surface area contributed by atoms with Gasteiger partial charge in [0.25, 0.3) is 0 Å². The molecule has 0 aliphatic rings. The van der Waals surface area contributed by atoms with Gasteiger partial charge in [-0.05, 0) is 41.9 Å². The van der Waals surface area contributed by atoms with Crippen LogP contribution in [0.2, 0.25) is 0 Å². The fourth-order valence-corrected chi connectivity index (χ4v) is 4.40. The van der Waals surface area contributed by atoms with Crippen molar-refractivity contribution in [3.05, 3.63) is 54.1 Å². The number of carbonyl (C=O) groups is 1. The largest absolute Gasteiger partial charge is 0.302 e. The number of thioether (sulfide) groups is 1. The average Bonchev–Trinajstić information content (AvgIpc) is 3.01. The standard InChI is InChI=1S/C20H22N2OS2/c1-14(2)16-10-6-11-17-19(16)22-20(25-17)21-18(23)12-7-13-24-15-8-4-3-5-9-15/h3-6,8-11,14H,7,12-13H2,1-2H3,(H,21,22,23). The van der Waals surface area contributed by atoms with Crippen molar-refractivity contribution < 1.29 is 4.79 Å². The van der Waals surface area contributed by atoms with E-state index in [1.54, 1.807) is 23.1 Å². The van der Waals surface area contributed by atoms with E-state index in [0.29, 0.717) is 17.5 Å². The van der Waals surface area contributed by atoms with Crippen molar-refractivity contribution in [3.63, 3.8) is 0 Å². The van der Waals surface area contributed by atoms with Gasteiger partial charge in [-0.25, -0.2) is 4.98 Å². The topological polar surface area (TPSA) is 42.0 Å². The summed E-state index contributed by atoms with van der Waals surface area (Å²) in [7, 11) is 0. The van der Waals surface area contributed by atoms with Gasteiger partial charge in [-0.1, -0.05) is 55.5 Å². The third-order valence-corrected chi connectivity index (χ3v) is 5.91. The number of rotatable bonds is 7. The van der Waals surface area contributed by atoms with E-state index in [0.717, 1.165) is 22.4 Å². The molecule has 0 atom stereocenters.